The molecule has 6 nitrogen and oxygen atoms in total. The first-order chi connectivity index (χ1) is 16.6. The van der Waals surface area contributed by atoms with Gasteiger partial charge in [0.2, 0.25) is 0 Å². The van der Waals surface area contributed by atoms with Gasteiger partial charge in [-0.1, -0.05) is 67.4 Å². The second-order valence-corrected chi connectivity index (χ2v) is 10.9. The van der Waals surface area contributed by atoms with E-state index in [1.54, 1.807) is 6.07 Å². The lowest BCUT2D eigenvalue weighted by Crippen LogP contribution is -2.19. The first-order valence-corrected chi connectivity index (χ1v) is 12.2. The molecule has 8 heteroatoms. The SMILES string of the molecule is [2H][C@](Cc1cc(Cl)c2ncnc(NCC(C)(C)C)c2c1)(c1cn(C2CC2)nn1)c1ccccc1Cl. The average molecular weight is 496 g/mol. The lowest BCUT2D eigenvalue weighted by Gasteiger charge is -2.20. The van der Waals surface area contributed by atoms with E-state index in [0.717, 1.165) is 36.2 Å². The number of hydrogen-bond donors (Lipinski definition) is 1. The van der Waals surface area contributed by atoms with Crippen molar-refractivity contribution in [1.82, 2.24) is 25.0 Å². The Hall–Kier alpha value is -2.70. The predicted octanol–water partition coefficient (Wildman–Crippen LogP) is 6.70. The topological polar surface area (TPSA) is 68.5 Å². The molecule has 1 atom stereocenters. The van der Waals surface area contributed by atoms with Crippen molar-refractivity contribution in [2.75, 3.05) is 11.9 Å². The van der Waals surface area contributed by atoms with Gasteiger partial charge in [0.25, 0.3) is 0 Å². The van der Waals surface area contributed by atoms with Gasteiger partial charge in [-0.05, 0) is 54.0 Å². The Labute approximate surface area is 211 Å². The van der Waals surface area contributed by atoms with Crippen LogP contribution in [0.5, 0.6) is 0 Å². The molecule has 1 aliphatic carbocycles. The molecule has 1 N–H and O–H groups in total. The Kier molecular flexibility index (Phi) is 5.87. The number of fused-ring (bicyclic) bond motifs is 1. The molecule has 34 heavy (non-hydrogen) atoms. The fraction of sp³-hybridized carbons (Fsp3) is 0.385. The van der Waals surface area contributed by atoms with Crippen LogP contribution in [0, 0.1) is 5.41 Å². The molecule has 0 unspecified atom stereocenters. The van der Waals surface area contributed by atoms with Crippen molar-refractivity contribution in [2.24, 2.45) is 5.41 Å². The number of aromatic nitrogens is 5. The third kappa shape index (κ3) is 5.03. The number of nitrogens with one attached hydrogen (secondary N) is 1. The van der Waals surface area contributed by atoms with Crippen molar-refractivity contribution in [3.8, 4) is 0 Å². The molecular formula is C26H28Cl2N6. The summed E-state index contributed by atoms with van der Waals surface area (Å²) < 4.78 is 11.5. The molecule has 5 rings (SSSR count). The maximum absolute atomic E-state index is 9.66. The summed E-state index contributed by atoms with van der Waals surface area (Å²) in [7, 11) is 0. The first kappa shape index (κ1) is 21.8. The largest absolute Gasteiger partial charge is 0.369 e. The van der Waals surface area contributed by atoms with E-state index < -0.39 is 5.89 Å². The zero-order valence-corrected chi connectivity index (χ0v) is 21.0. The van der Waals surface area contributed by atoms with Crippen LogP contribution in [0.2, 0.25) is 10.0 Å². The van der Waals surface area contributed by atoms with E-state index in [2.05, 4.69) is 46.4 Å². The Morgan fingerprint density at radius 1 is 1.15 bits per heavy atom. The van der Waals surface area contributed by atoms with Gasteiger partial charge >= 0.3 is 0 Å². The zero-order valence-electron chi connectivity index (χ0n) is 20.5. The molecule has 2 aromatic carbocycles. The summed E-state index contributed by atoms with van der Waals surface area (Å²) in [6, 6.07) is 11.7. The van der Waals surface area contributed by atoms with Gasteiger partial charge < -0.3 is 5.32 Å². The van der Waals surface area contributed by atoms with Crippen molar-refractivity contribution >= 4 is 39.9 Å². The maximum Gasteiger partial charge on any atom is 0.137 e. The molecule has 176 valence electrons. The predicted molar refractivity (Wildman–Crippen MR) is 138 cm³/mol. The number of nitrogens with zero attached hydrogens (tertiary/aromatic N) is 5. The van der Waals surface area contributed by atoms with Gasteiger partial charge in [-0.25, -0.2) is 14.6 Å². The standard InChI is InChI=1S/C26H28Cl2N6/c1-26(2,3)14-29-25-20-11-16(12-22(28)24(20)30-15-31-25)10-19(18-6-4-5-7-21(18)27)23-13-34(33-32-23)17-8-9-17/h4-7,11-13,15,17,19H,8-10,14H2,1-3H3,(H,29,30,31)/t19-/m1/s1/i19D. The van der Waals surface area contributed by atoms with E-state index in [9.17, 15) is 1.37 Å². The molecule has 1 fully saturated rings. The minimum Gasteiger partial charge on any atom is -0.369 e. The molecule has 2 heterocycles. The van der Waals surface area contributed by atoms with Crippen LogP contribution in [0.15, 0.2) is 48.9 Å². The van der Waals surface area contributed by atoms with E-state index in [0.29, 0.717) is 39.3 Å². The number of benzene rings is 2. The van der Waals surface area contributed by atoms with Crippen LogP contribution in [0.1, 0.15) is 63.7 Å². The summed E-state index contributed by atoms with van der Waals surface area (Å²) in [5.41, 5.74) is 2.86. The minimum atomic E-state index is -1.25. The Morgan fingerprint density at radius 3 is 2.68 bits per heavy atom. The summed E-state index contributed by atoms with van der Waals surface area (Å²) in [6.45, 7) is 7.23. The maximum atomic E-state index is 9.66. The van der Waals surface area contributed by atoms with Gasteiger partial charge in [0.15, 0.2) is 0 Å². The second kappa shape index (κ2) is 9.16. The van der Waals surface area contributed by atoms with Crippen molar-refractivity contribution in [3.05, 3.63) is 75.8 Å². The lowest BCUT2D eigenvalue weighted by molar-refractivity contribution is 0.442. The fourth-order valence-electron chi connectivity index (χ4n) is 3.94. The highest BCUT2D eigenvalue weighted by molar-refractivity contribution is 6.35. The van der Waals surface area contributed by atoms with Gasteiger partial charge in [-0.3, -0.25) is 0 Å². The summed E-state index contributed by atoms with van der Waals surface area (Å²) >= 11 is 13.3. The highest BCUT2D eigenvalue weighted by Crippen LogP contribution is 2.38. The summed E-state index contributed by atoms with van der Waals surface area (Å²) in [5, 5.41) is 14.0. The lowest BCUT2D eigenvalue weighted by atomic mass is 9.89. The number of anilines is 1. The highest BCUT2D eigenvalue weighted by Gasteiger charge is 2.28. The summed E-state index contributed by atoms with van der Waals surface area (Å²) in [5.74, 6) is -0.529. The molecule has 1 saturated carbocycles. The van der Waals surface area contributed by atoms with Gasteiger partial charge in [0.1, 0.15) is 12.1 Å². The molecule has 0 aliphatic heterocycles. The van der Waals surface area contributed by atoms with Crippen LogP contribution >= 0.6 is 23.2 Å². The fourth-order valence-corrected chi connectivity index (χ4v) is 4.48. The van der Waals surface area contributed by atoms with Crippen LogP contribution in [-0.4, -0.2) is 31.5 Å². The highest BCUT2D eigenvalue weighted by atomic mass is 35.5. The van der Waals surface area contributed by atoms with E-state index >= 15 is 0 Å². The van der Waals surface area contributed by atoms with Crippen molar-refractivity contribution in [1.29, 1.82) is 0 Å². The second-order valence-electron chi connectivity index (χ2n) is 10.1. The van der Waals surface area contributed by atoms with Crippen LogP contribution < -0.4 is 5.32 Å². The molecule has 0 bridgehead atoms. The van der Waals surface area contributed by atoms with E-state index in [1.165, 1.54) is 6.33 Å². The van der Waals surface area contributed by atoms with Crippen LogP contribution in [0.25, 0.3) is 10.9 Å². The van der Waals surface area contributed by atoms with Gasteiger partial charge in [0.05, 0.1) is 22.3 Å². The Bertz CT molecular complexity index is 1380. The third-order valence-corrected chi connectivity index (χ3v) is 6.48. The van der Waals surface area contributed by atoms with Gasteiger partial charge in [0, 0.05) is 30.4 Å². The quantitative estimate of drug-likeness (QED) is 0.309. The molecule has 4 aromatic rings. The molecule has 1 aliphatic rings. The summed E-state index contributed by atoms with van der Waals surface area (Å²) in [4.78, 5) is 8.88. The minimum absolute atomic E-state index is 0.0758. The van der Waals surface area contributed by atoms with Crippen molar-refractivity contribution in [2.45, 2.75) is 52.0 Å². The zero-order chi connectivity index (χ0) is 24.8. The van der Waals surface area contributed by atoms with Crippen LogP contribution in [-0.2, 0) is 6.42 Å². The summed E-state index contributed by atoms with van der Waals surface area (Å²) in [6.07, 6.45) is 5.89. The van der Waals surface area contributed by atoms with E-state index in [-0.39, 0.29) is 5.41 Å². The smallest absolute Gasteiger partial charge is 0.137 e. The Balaban J connectivity index is 1.59. The van der Waals surface area contributed by atoms with E-state index in [1.807, 2.05) is 41.2 Å². The molecule has 0 amide bonds. The molecule has 2 aromatic heterocycles. The third-order valence-electron chi connectivity index (χ3n) is 5.86. The number of halogens is 2. The normalized spacial score (nSPS) is 16.3. The first-order valence-electron chi connectivity index (χ1n) is 12.0. The number of rotatable bonds is 7. The molecular weight excluding hydrogens is 467 g/mol. The number of hydrogen-bond acceptors (Lipinski definition) is 5. The van der Waals surface area contributed by atoms with Crippen molar-refractivity contribution < 1.29 is 1.37 Å². The molecule has 0 radical (unpaired) electrons. The van der Waals surface area contributed by atoms with Gasteiger partial charge in [-0.2, -0.15) is 0 Å². The monoisotopic (exact) mass is 495 g/mol. The van der Waals surface area contributed by atoms with Crippen molar-refractivity contribution in [3.63, 3.8) is 0 Å². The van der Waals surface area contributed by atoms with E-state index in [4.69, 9.17) is 23.2 Å². The molecule has 0 spiro atoms. The van der Waals surface area contributed by atoms with Crippen LogP contribution in [0.3, 0.4) is 0 Å². The average Bonchev–Trinajstić information content (AvgIpc) is 3.53. The van der Waals surface area contributed by atoms with Gasteiger partial charge in [-0.15, -0.1) is 5.10 Å². The van der Waals surface area contributed by atoms with Crippen LogP contribution in [0.4, 0.5) is 5.82 Å². The Morgan fingerprint density at radius 2 is 1.94 bits per heavy atom. The molecule has 0 saturated heterocycles.